The molecule has 0 fully saturated rings. The van der Waals surface area contributed by atoms with Crippen LogP contribution >= 0.6 is 11.6 Å². The van der Waals surface area contributed by atoms with Crippen molar-refractivity contribution in [2.24, 2.45) is 0 Å². The van der Waals surface area contributed by atoms with Crippen molar-refractivity contribution in [3.63, 3.8) is 0 Å². The quantitative estimate of drug-likeness (QED) is 0.165. The molecule has 0 atom stereocenters. The smallest absolute Gasteiger partial charge is 0.303 e. The Morgan fingerprint density at radius 1 is 0.857 bits per heavy atom. The molecule has 0 saturated heterocycles. The van der Waals surface area contributed by atoms with E-state index in [0.29, 0.717) is 42.1 Å². The summed E-state index contributed by atoms with van der Waals surface area (Å²) in [6, 6.07) is 27.4. The van der Waals surface area contributed by atoms with Gasteiger partial charge in [0.2, 0.25) is 0 Å². The average Bonchev–Trinajstić information content (AvgIpc) is 2.99. The van der Waals surface area contributed by atoms with Crippen LogP contribution in [0.15, 0.2) is 91.0 Å². The SMILES string of the molecule is Cc1ccc(-c2ccccc2C(=O)Nc2ccc(C(=O)N(C)c3ccccc3OCCCCCC(=O)O)c(Cl)c2)cc1. The highest BCUT2D eigenvalue weighted by molar-refractivity contribution is 6.35. The van der Waals surface area contributed by atoms with Crippen molar-refractivity contribution in [1.29, 1.82) is 0 Å². The first kappa shape index (κ1) is 30.3. The van der Waals surface area contributed by atoms with Crippen LogP contribution in [0.5, 0.6) is 5.75 Å². The molecule has 7 nitrogen and oxygen atoms in total. The van der Waals surface area contributed by atoms with Gasteiger partial charge in [0.15, 0.2) is 0 Å². The standard InChI is InChI=1S/C34H33ClN2O5/c1-23-15-17-24(18-16-23)26-10-5-6-11-27(26)33(40)36-25-19-20-28(29(35)22-25)34(41)37(2)30-12-7-8-13-31(30)42-21-9-3-4-14-32(38)39/h5-8,10-13,15-20,22H,3-4,9,14,21H2,1-2H3,(H,36,40)(H,38,39). The van der Waals surface area contributed by atoms with Crippen molar-refractivity contribution in [1.82, 2.24) is 0 Å². The summed E-state index contributed by atoms with van der Waals surface area (Å²) in [4.78, 5) is 38.8. The van der Waals surface area contributed by atoms with Gasteiger partial charge in [-0.1, -0.05) is 71.8 Å². The highest BCUT2D eigenvalue weighted by Gasteiger charge is 2.20. The van der Waals surface area contributed by atoms with Crippen LogP contribution in [0, 0.1) is 6.92 Å². The molecule has 0 radical (unpaired) electrons. The van der Waals surface area contributed by atoms with Gasteiger partial charge in [0.05, 0.1) is 22.9 Å². The Morgan fingerprint density at radius 3 is 2.31 bits per heavy atom. The fraction of sp³-hybridized carbons (Fsp3) is 0.206. The molecule has 4 aromatic rings. The van der Waals surface area contributed by atoms with E-state index >= 15 is 0 Å². The monoisotopic (exact) mass is 584 g/mol. The van der Waals surface area contributed by atoms with Crippen molar-refractivity contribution in [3.8, 4) is 16.9 Å². The molecular formula is C34H33ClN2O5. The number of aliphatic carboxylic acids is 1. The van der Waals surface area contributed by atoms with Gasteiger partial charge in [-0.05, 0) is 73.7 Å². The molecule has 4 aromatic carbocycles. The van der Waals surface area contributed by atoms with Crippen LogP contribution in [-0.4, -0.2) is 36.5 Å². The lowest BCUT2D eigenvalue weighted by Gasteiger charge is -2.21. The Morgan fingerprint density at radius 2 is 1.57 bits per heavy atom. The molecule has 0 aliphatic heterocycles. The lowest BCUT2D eigenvalue weighted by atomic mass is 9.98. The van der Waals surface area contributed by atoms with Gasteiger partial charge in [-0.3, -0.25) is 14.4 Å². The van der Waals surface area contributed by atoms with Crippen LogP contribution in [0.2, 0.25) is 5.02 Å². The predicted octanol–water partition coefficient (Wildman–Crippen LogP) is 7.87. The summed E-state index contributed by atoms with van der Waals surface area (Å²) in [7, 11) is 1.64. The zero-order chi connectivity index (χ0) is 30.1. The van der Waals surface area contributed by atoms with Crippen LogP contribution in [-0.2, 0) is 4.79 Å². The summed E-state index contributed by atoms with van der Waals surface area (Å²) in [5.74, 6) is -0.884. The fourth-order valence-corrected chi connectivity index (χ4v) is 4.78. The second-order valence-electron chi connectivity index (χ2n) is 9.95. The van der Waals surface area contributed by atoms with Crippen molar-refractivity contribution < 1.29 is 24.2 Å². The number of nitrogens with zero attached hydrogens (tertiary/aromatic N) is 1. The highest BCUT2D eigenvalue weighted by Crippen LogP contribution is 2.31. The summed E-state index contributed by atoms with van der Waals surface area (Å²) >= 11 is 6.55. The lowest BCUT2D eigenvalue weighted by molar-refractivity contribution is -0.137. The largest absolute Gasteiger partial charge is 0.491 e. The third kappa shape index (κ3) is 7.77. The number of carbonyl (C=O) groups excluding carboxylic acids is 2. The number of para-hydroxylation sites is 2. The van der Waals surface area contributed by atoms with Gasteiger partial charge in [-0.25, -0.2) is 0 Å². The van der Waals surface area contributed by atoms with Gasteiger partial charge in [0, 0.05) is 24.7 Å². The van der Waals surface area contributed by atoms with E-state index in [0.717, 1.165) is 23.1 Å². The number of carbonyl (C=O) groups is 3. The molecule has 0 aromatic heterocycles. The zero-order valence-corrected chi connectivity index (χ0v) is 24.4. The van der Waals surface area contributed by atoms with E-state index < -0.39 is 5.97 Å². The van der Waals surface area contributed by atoms with E-state index in [2.05, 4.69) is 5.32 Å². The van der Waals surface area contributed by atoms with Crippen LogP contribution in [0.4, 0.5) is 11.4 Å². The first-order valence-corrected chi connectivity index (χ1v) is 14.1. The summed E-state index contributed by atoms with van der Waals surface area (Å²) < 4.78 is 5.91. The van der Waals surface area contributed by atoms with Crippen LogP contribution in [0.25, 0.3) is 11.1 Å². The molecular weight excluding hydrogens is 552 g/mol. The van der Waals surface area contributed by atoms with Gasteiger partial charge >= 0.3 is 5.97 Å². The lowest BCUT2D eigenvalue weighted by Crippen LogP contribution is -2.27. The second kappa shape index (κ2) is 14.3. The van der Waals surface area contributed by atoms with Crippen LogP contribution in [0.1, 0.15) is 52.0 Å². The maximum Gasteiger partial charge on any atom is 0.303 e. The van der Waals surface area contributed by atoms with E-state index in [9.17, 15) is 14.4 Å². The molecule has 8 heteroatoms. The number of unbranched alkanes of at least 4 members (excludes halogenated alkanes) is 2. The van der Waals surface area contributed by atoms with E-state index in [1.54, 1.807) is 43.4 Å². The molecule has 2 amide bonds. The fourth-order valence-electron chi connectivity index (χ4n) is 4.51. The van der Waals surface area contributed by atoms with E-state index in [1.165, 1.54) is 4.90 Å². The number of amides is 2. The van der Waals surface area contributed by atoms with Gasteiger partial charge in [0.25, 0.3) is 11.8 Å². The molecule has 2 N–H and O–H groups in total. The highest BCUT2D eigenvalue weighted by atomic mass is 35.5. The first-order valence-electron chi connectivity index (χ1n) is 13.7. The molecule has 0 unspecified atom stereocenters. The average molecular weight is 585 g/mol. The molecule has 0 bridgehead atoms. The summed E-state index contributed by atoms with van der Waals surface area (Å²) in [6.07, 6.45) is 2.16. The third-order valence-corrected chi connectivity index (χ3v) is 7.13. The minimum absolute atomic E-state index is 0.137. The number of benzene rings is 4. The molecule has 0 saturated carbocycles. The third-order valence-electron chi connectivity index (χ3n) is 6.82. The molecule has 42 heavy (non-hydrogen) atoms. The summed E-state index contributed by atoms with van der Waals surface area (Å²) in [6.45, 7) is 2.42. The Kier molecular flexibility index (Phi) is 10.3. The maximum absolute atomic E-state index is 13.4. The Hall–Kier alpha value is -4.62. The Labute approximate surface area is 250 Å². The number of hydrogen-bond acceptors (Lipinski definition) is 4. The maximum atomic E-state index is 13.4. The van der Waals surface area contributed by atoms with E-state index in [-0.39, 0.29) is 28.8 Å². The Bertz CT molecular complexity index is 1570. The number of aryl methyl sites for hydroxylation is 1. The molecule has 0 aliphatic carbocycles. The van der Waals surface area contributed by atoms with Gasteiger partial charge in [-0.15, -0.1) is 0 Å². The number of hydrogen-bond donors (Lipinski definition) is 2. The number of ether oxygens (including phenoxy) is 1. The summed E-state index contributed by atoms with van der Waals surface area (Å²) in [5, 5.41) is 11.9. The molecule has 0 aliphatic rings. The van der Waals surface area contributed by atoms with E-state index in [1.807, 2.05) is 61.5 Å². The minimum Gasteiger partial charge on any atom is -0.491 e. The molecule has 0 spiro atoms. The summed E-state index contributed by atoms with van der Waals surface area (Å²) in [5.41, 5.74) is 4.74. The Balaban J connectivity index is 1.44. The number of nitrogens with one attached hydrogen (secondary N) is 1. The van der Waals surface area contributed by atoms with Gasteiger partial charge in [0.1, 0.15) is 5.75 Å². The van der Waals surface area contributed by atoms with Crippen LogP contribution in [0.3, 0.4) is 0 Å². The van der Waals surface area contributed by atoms with Gasteiger partial charge < -0.3 is 20.1 Å². The minimum atomic E-state index is -0.807. The second-order valence-corrected chi connectivity index (χ2v) is 10.4. The van der Waals surface area contributed by atoms with Crippen molar-refractivity contribution in [2.75, 3.05) is 23.9 Å². The molecule has 216 valence electrons. The molecule has 4 rings (SSSR count). The van der Waals surface area contributed by atoms with Gasteiger partial charge in [-0.2, -0.15) is 0 Å². The topological polar surface area (TPSA) is 95.9 Å². The number of carboxylic acids is 1. The van der Waals surface area contributed by atoms with Crippen molar-refractivity contribution in [3.05, 3.63) is 113 Å². The number of rotatable bonds is 12. The van der Waals surface area contributed by atoms with E-state index in [4.69, 9.17) is 21.4 Å². The van der Waals surface area contributed by atoms with Crippen LogP contribution < -0.4 is 15.0 Å². The number of halogens is 1. The first-order chi connectivity index (χ1) is 20.2. The number of carboxylic acid groups (broad SMARTS) is 1. The molecule has 0 heterocycles. The normalized spacial score (nSPS) is 10.6. The van der Waals surface area contributed by atoms with Crippen molar-refractivity contribution in [2.45, 2.75) is 32.6 Å². The number of anilines is 2. The van der Waals surface area contributed by atoms with Crippen molar-refractivity contribution >= 4 is 40.8 Å². The zero-order valence-electron chi connectivity index (χ0n) is 23.6. The predicted molar refractivity (Wildman–Crippen MR) is 167 cm³/mol.